The minimum atomic E-state index is -4.83. The van der Waals surface area contributed by atoms with E-state index in [1.165, 1.54) is 18.2 Å². The highest BCUT2D eigenvalue weighted by Crippen LogP contribution is 2.36. The summed E-state index contributed by atoms with van der Waals surface area (Å²) in [4.78, 5) is 36.0. The summed E-state index contributed by atoms with van der Waals surface area (Å²) in [7, 11) is 0. The van der Waals surface area contributed by atoms with Gasteiger partial charge in [0.05, 0.1) is 16.8 Å². The molecule has 0 radical (unpaired) electrons. The zero-order valence-corrected chi connectivity index (χ0v) is 17.7. The predicted octanol–water partition coefficient (Wildman–Crippen LogP) is 4.59. The normalized spacial score (nSPS) is 11.6. The molecule has 0 saturated carbocycles. The summed E-state index contributed by atoms with van der Waals surface area (Å²) in [5, 5.41) is 6.92. The van der Waals surface area contributed by atoms with Crippen molar-refractivity contribution >= 4 is 29.1 Å². The van der Waals surface area contributed by atoms with E-state index in [4.69, 9.17) is 0 Å². The van der Waals surface area contributed by atoms with Crippen molar-refractivity contribution in [1.82, 2.24) is 5.32 Å². The molecule has 0 atom stereocenters. The summed E-state index contributed by atoms with van der Waals surface area (Å²) >= 11 is 0. The van der Waals surface area contributed by atoms with Crippen LogP contribution in [0, 0.1) is 11.2 Å². The van der Waals surface area contributed by atoms with E-state index in [0.29, 0.717) is 6.07 Å². The van der Waals surface area contributed by atoms with Crippen LogP contribution in [0.5, 0.6) is 0 Å². The molecule has 3 amide bonds. The maximum atomic E-state index is 13.7. The number of nitrogens with one attached hydrogen (secondary N) is 3. The van der Waals surface area contributed by atoms with Crippen molar-refractivity contribution in [3.05, 3.63) is 59.4 Å². The molecule has 2 aromatic carbocycles. The van der Waals surface area contributed by atoms with Crippen LogP contribution in [-0.2, 0) is 15.8 Å². The number of rotatable bonds is 6. The number of hydrogen-bond donors (Lipinski definition) is 3. The highest BCUT2D eigenvalue weighted by Gasteiger charge is 2.34. The molecule has 2 rings (SSSR count). The van der Waals surface area contributed by atoms with Gasteiger partial charge in [0, 0.05) is 24.1 Å². The van der Waals surface area contributed by atoms with Gasteiger partial charge >= 0.3 is 6.18 Å². The third-order valence-corrected chi connectivity index (χ3v) is 4.29. The first-order valence-corrected chi connectivity index (χ1v) is 9.64. The van der Waals surface area contributed by atoms with Gasteiger partial charge in [0.25, 0.3) is 5.91 Å². The summed E-state index contributed by atoms with van der Waals surface area (Å²) in [5.74, 6) is -2.75. The zero-order valence-electron chi connectivity index (χ0n) is 17.7. The van der Waals surface area contributed by atoms with E-state index in [1.807, 2.05) is 0 Å². The molecule has 32 heavy (non-hydrogen) atoms. The van der Waals surface area contributed by atoms with Crippen molar-refractivity contribution in [2.45, 2.75) is 33.4 Å². The third kappa shape index (κ3) is 6.79. The van der Waals surface area contributed by atoms with Crippen molar-refractivity contribution in [3.63, 3.8) is 0 Å². The van der Waals surface area contributed by atoms with Crippen molar-refractivity contribution in [2.24, 2.45) is 5.41 Å². The van der Waals surface area contributed by atoms with E-state index in [2.05, 4.69) is 16.0 Å². The number of hydrogen-bond acceptors (Lipinski definition) is 3. The fourth-order valence-corrected chi connectivity index (χ4v) is 2.58. The molecule has 0 aliphatic rings. The lowest BCUT2D eigenvalue weighted by Gasteiger charge is -2.18. The van der Waals surface area contributed by atoms with Gasteiger partial charge in [0.2, 0.25) is 11.8 Å². The standard InChI is InChI=1S/C22H23F4N3O3/c1-21(2,3)20(32)27-11-10-18(30)29-17-9-8-13(12-15(17)22(24,25)26)28-19(31)14-6-4-5-7-16(14)23/h4-9,12H,10-11H2,1-3H3,(H,27,32)(H,28,31)(H,29,30). The zero-order chi connectivity index (χ0) is 24.1. The Bertz CT molecular complexity index is 1010. The average molecular weight is 453 g/mol. The Morgan fingerprint density at radius 3 is 2.19 bits per heavy atom. The minimum absolute atomic E-state index is 0.0416. The molecular weight excluding hydrogens is 430 g/mol. The number of carbonyl (C=O) groups is 3. The van der Waals surface area contributed by atoms with Crippen LogP contribution < -0.4 is 16.0 Å². The van der Waals surface area contributed by atoms with Crippen LogP contribution in [0.1, 0.15) is 43.1 Å². The maximum Gasteiger partial charge on any atom is 0.418 e. The number of anilines is 2. The van der Waals surface area contributed by atoms with E-state index in [-0.39, 0.29) is 30.1 Å². The predicted molar refractivity (Wildman–Crippen MR) is 112 cm³/mol. The van der Waals surface area contributed by atoms with E-state index in [0.717, 1.165) is 18.2 Å². The van der Waals surface area contributed by atoms with Crippen LogP contribution in [0.25, 0.3) is 0 Å². The van der Waals surface area contributed by atoms with E-state index in [9.17, 15) is 31.9 Å². The van der Waals surface area contributed by atoms with Crippen molar-refractivity contribution in [3.8, 4) is 0 Å². The van der Waals surface area contributed by atoms with Gasteiger partial charge in [0.1, 0.15) is 5.82 Å². The number of carbonyl (C=O) groups excluding carboxylic acids is 3. The summed E-state index contributed by atoms with van der Waals surface area (Å²) in [6, 6.07) is 7.84. The molecular formula is C22H23F4N3O3. The first-order chi connectivity index (χ1) is 14.8. The van der Waals surface area contributed by atoms with E-state index in [1.54, 1.807) is 20.8 Å². The Labute approximate surface area is 182 Å². The lowest BCUT2D eigenvalue weighted by Crippen LogP contribution is -2.36. The number of benzene rings is 2. The molecule has 0 heterocycles. The quantitative estimate of drug-likeness (QED) is 0.560. The first kappa shape index (κ1) is 24.8. The van der Waals surface area contributed by atoms with Crippen LogP contribution in [0.2, 0.25) is 0 Å². The Morgan fingerprint density at radius 1 is 0.938 bits per heavy atom. The van der Waals surface area contributed by atoms with Crippen LogP contribution >= 0.6 is 0 Å². The second-order valence-electron chi connectivity index (χ2n) is 8.00. The van der Waals surface area contributed by atoms with Gasteiger partial charge in [-0.05, 0) is 30.3 Å². The van der Waals surface area contributed by atoms with Crippen LogP contribution in [-0.4, -0.2) is 24.3 Å². The second kappa shape index (κ2) is 9.80. The van der Waals surface area contributed by atoms with E-state index < -0.39 is 40.5 Å². The highest BCUT2D eigenvalue weighted by atomic mass is 19.4. The first-order valence-electron chi connectivity index (χ1n) is 9.64. The fraction of sp³-hybridized carbons (Fsp3) is 0.318. The molecule has 0 bridgehead atoms. The Kier molecular flexibility index (Phi) is 7.60. The van der Waals surface area contributed by atoms with Crippen LogP contribution in [0.3, 0.4) is 0 Å². The van der Waals surface area contributed by atoms with Crippen molar-refractivity contribution < 1.29 is 31.9 Å². The van der Waals surface area contributed by atoms with Crippen LogP contribution in [0.15, 0.2) is 42.5 Å². The average Bonchev–Trinajstić information content (AvgIpc) is 2.67. The summed E-state index contributed by atoms with van der Waals surface area (Å²) in [6.45, 7) is 5.01. The maximum absolute atomic E-state index is 13.7. The fourth-order valence-electron chi connectivity index (χ4n) is 2.58. The summed E-state index contributed by atoms with van der Waals surface area (Å²) in [5.41, 5.74) is -2.90. The minimum Gasteiger partial charge on any atom is -0.355 e. The molecule has 6 nitrogen and oxygen atoms in total. The SMILES string of the molecule is CC(C)(C)C(=O)NCCC(=O)Nc1ccc(NC(=O)c2ccccc2F)cc1C(F)(F)F. The Balaban J connectivity index is 2.12. The molecule has 2 aromatic rings. The van der Waals surface area contributed by atoms with Gasteiger partial charge in [-0.25, -0.2) is 4.39 Å². The molecule has 0 aliphatic carbocycles. The molecule has 0 aliphatic heterocycles. The number of amides is 3. The third-order valence-electron chi connectivity index (χ3n) is 4.29. The molecule has 0 aromatic heterocycles. The topological polar surface area (TPSA) is 87.3 Å². The van der Waals surface area contributed by atoms with E-state index >= 15 is 0 Å². The summed E-state index contributed by atoms with van der Waals surface area (Å²) in [6.07, 6.45) is -5.06. The largest absolute Gasteiger partial charge is 0.418 e. The number of alkyl halides is 3. The molecule has 0 saturated heterocycles. The molecule has 0 spiro atoms. The van der Waals surface area contributed by atoms with Crippen molar-refractivity contribution in [1.29, 1.82) is 0 Å². The van der Waals surface area contributed by atoms with Gasteiger partial charge in [-0.15, -0.1) is 0 Å². The highest BCUT2D eigenvalue weighted by molar-refractivity contribution is 6.04. The molecule has 0 fully saturated rings. The lowest BCUT2D eigenvalue weighted by molar-refractivity contribution is -0.137. The number of halogens is 4. The monoisotopic (exact) mass is 453 g/mol. The lowest BCUT2D eigenvalue weighted by atomic mass is 9.96. The molecule has 10 heteroatoms. The smallest absolute Gasteiger partial charge is 0.355 e. The second-order valence-corrected chi connectivity index (χ2v) is 8.00. The Hall–Kier alpha value is -3.43. The van der Waals surface area contributed by atoms with Crippen LogP contribution in [0.4, 0.5) is 28.9 Å². The summed E-state index contributed by atoms with van der Waals surface area (Å²) < 4.78 is 54.3. The van der Waals surface area contributed by atoms with Gasteiger partial charge in [-0.1, -0.05) is 32.9 Å². The van der Waals surface area contributed by atoms with Gasteiger partial charge in [0.15, 0.2) is 0 Å². The van der Waals surface area contributed by atoms with Crippen molar-refractivity contribution in [2.75, 3.05) is 17.2 Å². The van der Waals surface area contributed by atoms with Gasteiger partial charge in [-0.2, -0.15) is 13.2 Å². The Morgan fingerprint density at radius 2 is 1.59 bits per heavy atom. The van der Waals surface area contributed by atoms with Gasteiger partial charge in [-0.3, -0.25) is 14.4 Å². The molecule has 3 N–H and O–H groups in total. The molecule has 0 unspecified atom stereocenters. The van der Waals surface area contributed by atoms with Gasteiger partial charge < -0.3 is 16.0 Å². The molecule has 172 valence electrons.